The van der Waals surface area contributed by atoms with Crippen molar-refractivity contribution in [2.75, 3.05) is 31.9 Å². The van der Waals surface area contributed by atoms with Crippen LogP contribution in [0.15, 0.2) is 0 Å². The average molecular weight is 282 g/mol. The molecule has 0 aromatic rings. The van der Waals surface area contributed by atoms with Crippen molar-refractivity contribution in [1.29, 1.82) is 0 Å². The Balaban J connectivity index is 1.65. The van der Waals surface area contributed by atoms with Crippen LogP contribution in [-0.2, 0) is 0 Å². The molecule has 0 spiro atoms. The predicted molar refractivity (Wildman–Crippen MR) is 85.0 cm³/mol. The van der Waals surface area contributed by atoms with Gasteiger partial charge in [-0.25, -0.2) is 0 Å². The van der Waals surface area contributed by atoms with Crippen molar-refractivity contribution >= 4 is 11.8 Å². The molecule has 0 amide bonds. The van der Waals surface area contributed by atoms with Gasteiger partial charge in [0.1, 0.15) is 0 Å². The van der Waals surface area contributed by atoms with Crippen LogP contribution in [-0.4, -0.2) is 58.6 Å². The Morgan fingerprint density at radius 2 is 2.11 bits per heavy atom. The third-order valence-electron chi connectivity index (χ3n) is 5.47. The molecular formula is C16H30N2S. The van der Waals surface area contributed by atoms with Gasteiger partial charge in [-0.15, -0.1) is 0 Å². The summed E-state index contributed by atoms with van der Waals surface area (Å²) in [5.41, 5.74) is 0. The summed E-state index contributed by atoms with van der Waals surface area (Å²) < 4.78 is 0.546. The summed E-state index contributed by atoms with van der Waals surface area (Å²) in [6.07, 6.45) is 8.51. The SMILES string of the molecule is CCC1CN2CCCCC2CN1CC1(C)CCCS1. The van der Waals surface area contributed by atoms with Crippen molar-refractivity contribution in [3.63, 3.8) is 0 Å². The molecule has 3 heteroatoms. The zero-order valence-electron chi connectivity index (χ0n) is 12.7. The van der Waals surface area contributed by atoms with Crippen molar-refractivity contribution in [2.45, 2.75) is 69.2 Å². The molecule has 3 atom stereocenters. The van der Waals surface area contributed by atoms with E-state index in [1.165, 1.54) is 70.5 Å². The minimum absolute atomic E-state index is 0.546. The van der Waals surface area contributed by atoms with Crippen LogP contribution in [0.4, 0.5) is 0 Å². The summed E-state index contributed by atoms with van der Waals surface area (Å²) in [5.74, 6) is 1.39. The van der Waals surface area contributed by atoms with Crippen LogP contribution in [0.5, 0.6) is 0 Å². The highest BCUT2D eigenvalue weighted by atomic mass is 32.2. The molecule has 0 radical (unpaired) electrons. The first-order valence-electron chi connectivity index (χ1n) is 8.32. The van der Waals surface area contributed by atoms with Gasteiger partial charge in [-0.3, -0.25) is 9.80 Å². The van der Waals surface area contributed by atoms with Crippen LogP contribution < -0.4 is 0 Å². The zero-order chi connectivity index (χ0) is 13.3. The van der Waals surface area contributed by atoms with E-state index in [1.54, 1.807) is 0 Å². The second-order valence-electron chi connectivity index (χ2n) is 7.04. The molecule has 3 unspecified atom stereocenters. The molecule has 0 aromatic heterocycles. The number of nitrogens with zero attached hydrogens (tertiary/aromatic N) is 2. The molecule has 0 N–H and O–H groups in total. The van der Waals surface area contributed by atoms with Gasteiger partial charge in [0.25, 0.3) is 0 Å². The number of hydrogen-bond donors (Lipinski definition) is 0. The van der Waals surface area contributed by atoms with E-state index in [9.17, 15) is 0 Å². The first-order chi connectivity index (χ1) is 9.20. The Hall–Kier alpha value is 0.270. The highest BCUT2D eigenvalue weighted by Crippen LogP contribution is 2.39. The molecule has 3 fully saturated rings. The Bertz CT molecular complexity index is 301. The maximum absolute atomic E-state index is 2.85. The molecule has 0 saturated carbocycles. The summed E-state index contributed by atoms with van der Waals surface area (Å²) in [6, 6.07) is 1.68. The second kappa shape index (κ2) is 5.95. The molecule has 3 aliphatic rings. The maximum Gasteiger partial charge on any atom is 0.0259 e. The lowest BCUT2D eigenvalue weighted by atomic mass is 9.94. The van der Waals surface area contributed by atoms with Crippen molar-refractivity contribution < 1.29 is 0 Å². The molecule has 3 rings (SSSR count). The van der Waals surface area contributed by atoms with Crippen LogP contribution in [0.25, 0.3) is 0 Å². The fourth-order valence-corrected chi connectivity index (χ4v) is 5.61. The van der Waals surface area contributed by atoms with Gasteiger partial charge >= 0.3 is 0 Å². The molecule has 3 heterocycles. The highest BCUT2D eigenvalue weighted by molar-refractivity contribution is 8.00. The smallest absolute Gasteiger partial charge is 0.0259 e. The van der Waals surface area contributed by atoms with Crippen LogP contribution in [0, 0.1) is 0 Å². The van der Waals surface area contributed by atoms with E-state index in [2.05, 4.69) is 35.4 Å². The van der Waals surface area contributed by atoms with E-state index < -0.39 is 0 Å². The Morgan fingerprint density at radius 3 is 2.84 bits per heavy atom. The monoisotopic (exact) mass is 282 g/mol. The first kappa shape index (κ1) is 14.2. The van der Waals surface area contributed by atoms with E-state index >= 15 is 0 Å². The first-order valence-corrected chi connectivity index (χ1v) is 9.31. The molecule has 3 aliphatic heterocycles. The fourth-order valence-electron chi connectivity index (χ4n) is 4.29. The van der Waals surface area contributed by atoms with E-state index in [4.69, 9.17) is 0 Å². The molecule has 110 valence electrons. The number of hydrogen-bond acceptors (Lipinski definition) is 3. The van der Waals surface area contributed by atoms with Crippen molar-refractivity contribution in [2.24, 2.45) is 0 Å². The molecule has 19 heavy (non-hydrogen) atoms. The normalized spacial score (nSPS) is 41.4. The van der Waals surface area contributed by atoms with Crippen LogP contribution in [0.1, 0.15) is 52.4 Å². The molecule has 0 aliphatic carbocycles. The minimum Gasteiger partial charge on any atom is -0.298 e. The lowest BCUT2D eigenvalue weighted by Crippen LogP contribution is -2.61. The summed E-state index contributed by atoms with van der Waals surface area (Å²) in [4.78, 5) is 5.64. The molecular weight excluding hydrogens is 252 g/mol. The molecule has 2 nitrogen and oxygen atoms in total. The predicted octanol–water partition coefficient (Wildman–Crippen LogP) is 3.22. The Morgan fingerprint density at radius 1 is 1.21 bits per heavy atom. The lowest BCUT2D eigenvalue weighted by molar-refractivity contribution is 0.00363. The Labute approximate surface area is 123 Å². The van der Waals surface area contributed by atoms with Crippen LogP contribution in [0.2, 0.25) is 0 Å². The maximum atomic E-state index is 2.85. The van der Waals surface area contributed by atoms with Gasteiger partial charge in [-0.1, -0.05) is 13.3 Å². The number of piperazine rings is 1. The average Bonchev–Trinajstić information content (AvgIpc) is 2.84. The van der Waals surface area contributed by atoms with Crippen LogP contribution >= 0.6 is 11.8 Å². The molecule has 0 aromatic carbocycles. The van der Waals surface area contributed by atoms with E-state index in [0.717, 1.165) is 12.1 Å². The van der Waals surface area contributed by atoms with E-state index in [-0.39, 0.29) is 0 Å². The number of thioether (sulfide) groups is 1. The van der Waals surface area contributed by atoms with Gasteiger partial charge in [0.15, 0.2) is 0 Å². The minimum atomic E-state index is 0.546. The van der Waals surface area contributed by atoms with Gasteiger partial charge in [0, 0.05) is 36.5 Å². The fraction of sp³-hybridized carbons (Fsp3) is 1.00. The molecule has 3 saturated heterocycles. The zero-order valence-corrected chi connectivity index (χ0v) is 13.6. The van der Waals surface area contributed by atoms with Crippen molar-refractivity contribution in [3.8, 4) is 0 Å². The van der Waals surface area contributed by atoms with Crippen molar-refractivity contribution in [1.82, 2.24) is 9.80 Å². The van der Waals surface area contributed by atoms with E-state index in [1.807, 2.05) is 0 Å². The summed E-state index contributed by atoms with van der Waals surface area (Å²) in [5, 5.41) is 0. The van der Waals surface area contributed by atoms with Crippen LogP contribution in [0.3, 0.4) is 0 Å². The van der Waals surface area contributed by atoms with Crippen molar-refractivity contribution in [3.05, 3.63) is 0 Å². The van der Waals surface area contributed by atoms with Gasteiger partial charge in [-0.05, 0) is 51.3 Å². The summed E-state index contributed by atoms with van der Waals surface area (Å²) in [6.45, 7) is 10.3. The largest absolute Gasteiger partial charge is 0.298 e. The van der Waals surface area contributed by atoms with E-state index in [0.29, 0.717) is 4.75 Å². The number of rotatable bonds is 3. The quantitative estimate of drug-likeness (QED) is 0.785. The Kier molecular flexibility index (Phi) is 4.45. The topological polar surface area (TPSA) is 6.48 Å². The second-order valence-corrected chi connectivity index (χ2v) is 8.72. The van der Waals surface area contributed by atoms with Gasteiger partial charge in [0.05, 0.1) is 0 Å². The number of fused-ring (bicyclic) bond motifs is 1. The summed E-state index contributed by atoms with van der Waals surface area (Å²) >= 11 is 2.22. The summed E-state index contributed by atoms with van der Waals surface area (Å²) in [7, 11) is 0. The van der Waals surface area contributed by atoms with Gasteiger partial charge in [0.2, 0.25) is 0 Å². The molecule has 0 bridgehead atoms. The standard InChI is InChI=1S/C16H30N2S/c1-3-14-11-17-9-5-4-7-15(17)12-18(14)13-16(2)8-6-10-19-16/h14-15H,3-13H2,1-2H3. The lowest BCUT2D eigenvalue weighted by Gasteiger charge is -2.50. The van der Waals surface area contributed by atoms with Gasteiger partial charge in [-0.2, -0.15) is 11.8 Å². The van der Waals surface area contributed by atoms with Gasteiger partial charge < -0.3 is 0 Å². The third kappa shape index (κ3) is 3.14. The highest BCUT2D eigenvalue weighted by Gasteiger charge is 2.38. The number of piperidine rings is 1. The third-order valence-corrected chi connectivity index (χ3v) is 6.99.